The number of nitrogens with zero attached hydrogens (tertiary/aromatic N) is 3. The Labute approximate surface area is 197 Å². The second-order valence-corrected chi connectivity index (χ2v) is 7.52. The van der Waals surface area contributed by atoms with Crippen molar-refractivity contribution in [3.05, 3.63) is 59.8 Å². The van der Waals surface area contributed by atoms with Gasteiger partial charge >= 0.3 is 0 Å². The van der Waals surface area contributed by atoms with Gasteiger partial charge in [-0.3, -0.25) is 4.99 Å². The molecule has 0 spiro atoms. The second-order valence-electron chi connectivity index (χ2n) is 7.52. The number of aliphatic hydroxyl groups excluding tert-OH is 1. The predicted molar refractivity (Wildman–Crippen MR) is 135 cm³/mol. The molecule has 1 unspecified atom stereocenters. The number of halogens is 1. The molecule has 6 nitrogen and oxygen atoms in total. The summed E-state index contributed by atoms with van der Waals surface area (Å²) in [5.41, 5.74) is 2.24. The fourth-order valence-electron chi connectivity index (χ4n) is 3.65. The zero-order valence-corrected chi connectivity index (χ0v) is 20.1. The van der Waals surface area contributed by atoms with Gasteiger partial charge in [0.15, 0.2) is 5.96 Å². The molecule has 2 aromatic rings. The van der Waals surface area contributed by atoms with Crippen LogP contribution in [0.3, 0.4) is 0 Å². The molecule has 1 fully saturated rings. The van der Waals surface area contributed by atoms with E-state index in [0.29, 0.717) is 13.1 Å². The molecular weight excluding hydrogens is 489 g/mol. The topological polar surface area (TPSA) is 72.8 Å². The molecule has 0 amide bonds. The molecule has 0 radical (unpaired) electrons. The van der Waals surface area contributed by atoms with Gasteiger partial charge < -0.3 is 20.6 Å². The Kier molecular flexibility index (Phi) is 10.9. The van der Waals surface area contributed by atoms with Gasteiger partial charge in [0.25, 0.3) is 0 Å². The summed E-state index contributed by atoms with van der Waals surface area (Å²) in [6, 6.07) is 14.3. The number of aliphatic imine (C=N–C) groups is 1. The molecule has 1 aliphatic rings. The van der Waals surface area contributed by atoms with Crippen LogP contribution in [0.1, 0.15) is 42.7 Å². The van der Waals surface area contributed by atoms with Crippen LogP contribution in [0.15, 0.2) is 53.7 Å². The van der Waals surface area contributed by atoms with Crippen molar-refractivity contribution >= 4 is 35.8 Å². The van der Waals surface area contributed by atoms with E-state index in [9.17, 15) is 5.11 Å². The lowest BCUT2D eigenvalue weighted by atomic mass is 10.0. The molecule has 1 aromatic heterocycles. The predicted octanol–water partition coefficient (Wildman–Crippen LogP) is 3.52. The number of aromatic nitrogens is 1. The van der Waals surface area contributed by atoms with E-state index < -0.39 is 0 Å². The van der Waals surface area contributed by atoms with Gasteiger partial charge in [-0.25, -0.2) is 4.98 Å². The Bertz CT molecular complexity index is 746. The lowest BCUT2D eigenvalue weighted by Gasteiger charge is -2.21. The highest BCUT2D eigenvalue weighted by atomic mass is 127. The number of rotatable bonds is 7. The average molecular weight is 523 g/mol. The van der Waals surface area contributed by atoms with Gasteiger partial charge in [0.2, 0.25) is 0 Å². The van der Waals surface area contributed by atoms with Crippen LogP contribution in [0, 0.1) is 0 Å². The summed E-state index contributed by atoms with van der Waals surface area (Å²) < 4.78 is 0. The summed E-state index contributed by atoms with van der Waals surface area (Å²) >= 11 is 0. The van der Waals surface area contributed by atoms with Crippen LogP contribution < -0.4 is 15.5 Å². The summed E-state index contributed by atoms with van der Waals surface area (Å²) in [7, 11) is 1.76. The quantitative estimate of drug-likeness (QED) is 0.294. The number of hydrogen-bond acceptors (Lipinski definition) is 4. The van der Waals surface area contributed by atoms with Gasteiger partial charge in [-0.05, 0) is 30.0 Å². The zero-order chi connectivity index (χ0) is 20.3. The van der Waals surface area contributed by atoms with Crippen molar-refractivity contribution in [2.75, 3.05) is 38.2 Å². The maximum atomic E-state index is 9.71. The van der Waals surface area contributed by atoms with Crippen LogP contribution >= 0.6 is 24.0 Å². The van der Waals surface area contributed by atoms with Crippen LogP contribution in [0.5, 0.6) is 0 Å². The molecule has 0 saturated carbocycles. The molecule has 1 aromatic carbocycles. The van der Waals surface area contributed by atoms with Gasteiger partial charge in [-0.2, -0.15) is 0 Å². The van der Waals surface area contributed by atoms with Crippen molar-refractivity contribution in [1.82, 2.24) is 15.6 Å². The molecule has 0 aliphatic carbocycles. The summed E-state index contributed by atoms with van der Waals surface area (Å²) in [6.45, 7) is 3.58. The zero-order valence-electron chi connectivity index (χ0n) is 17.8. The number of aliphatic hydroxyl groups is 1. The number of hydrogen-bond donors (Lipinski definition) is 3. The van der Waals surface area contributed by atoms with Crippen molar-refractivity contribution in [1.29, 1.82) is 0 Å². The van der Waals surface area contributed by atoms with Crippen LogP contribution in [0.25, 0.3) is 0 Å². The lowest BCUT2D eigenvalue weighted by molar-refractivity contribution is 0.265. The van der Waals surface area contributed by atoms with Crippen molar-refractivity contribution in [3.63, 3.8) is 0 Å². The highest BCUT2D eigenvalue weighted by molar-refractivity contribution is 14.0. The first kappa shape index (κ1) is 24.4. The smallest absolute Gasteiger partial charge is 0.191 e. The summed E-state index contributed by atoms with van der Waals surface area (Å²) in [4.78, 5) is 11.3. The largest absolute Gasteiger partial charge is 0.396 e. The number of nitrogens with one attached hydrogen (secondary N) is 2. The monoisotopic (exact) mass is 523 g/mol. The number of anilines is 1. The van der Waals surface area contributed by atoms with Gasteiger partial charge in [0.1, 0.15) is 5.82 Å². The van der Waals surface area contributed by atoms with Crippen LogP contribution in [0.2, 0.25) is 0 Å². The Morgan fingerprint density at radius 2 is 1.80 bits per heavy atom. The average Bonchev–Trinajstić information content (AvgIpc) is 3.07. The normalized spacial score (nSPS) is 15.7. The molecule has 1 aliphatic heterocycles. The molecule has 2 heterocycles. The fraction of sp³-hybridized carbons (Fsp3) is 0.478. The van der Waals surface area contributed by atoms with E-state index in [2.05, 4.69) is 37.6 Å². The van der Waals surface area contributed by atoms with Crippen molar-refractivity contribution < 1.29 is 5.11 Å². The van der Waals surface area contributed by atoms with Crippen LogP contribution in [0.4, 0.5) is 5.82 Å². The summed E-state index contributed by atoms with van der Waals surface area (Å²) in [6.07, 6.45) is 7.11. The second kappa shape index (κ2) is 13.4. The first-order valence-corrected chi connectivity index (χ1v) is 10.6. The van der Waals surface area contributed by atoms with Crippen LogP contribution in [-0.2, 0) is 6.54 Å². The minimum Gasteiger partial charge on any atom is -0.396 e. The number of pyridine rings is 1. The molecule has 7 heteroatoms. The van der Waals surface area contributed by atoms with E-state index in [4.69, 9.17) is 0 Å². The Balaban J connectivity index is 0.00000320. The van der Waals surface area contributed by atoms with Crippen molar-refractivity contribution in [2.24, 2.45) is 4.99 Å². The summed E-state index contributed by atoms with van der Waals surface area (Å²) in [5, 5.41) is 16.4. The molecule has 1 atom stereocenters. The number of benzene rings is 1. The Hall–Kier alpha value is -1.87. The van der Waals surface area contributed by atoms with E-state index in [1.807, 2.05) is 36.5 Å². The van der Waals surface area contributed by atoms with Crippen LogP contribution in [-0.4, -0.2) is 49.3 Å². The maximum absolute atomic E-state index is 9.71. The molecule has 30 heavy (non-hydrogen) atoms. The molecule has 164 valence electrons. The lowest BCUT2D eigenvalue weighted by Crippen LogP contribution is -2.39. The fourth-order valence-corrected chi connectivity index (χ4v) is 3.65. The highest BCUT2D eigenvalue weighted by Crippen LogP contribution is 2.17. The Morgan fingerprint density at radius 1 is 1.07 bits per heavy atom. The van der Waals surface area contributed by atoms with Gasteiger partial charge in [0, 0.05) is 45.3 Å². The third kappa shape index (κ3) is 7.43. The first-order chi connectivity index (χ1) is 14.3. The first-order valence-electron chi connectivity index (χ1n) is 10.6. The third-order valence-corrected chi connectivity index (χ3v) is 5.43. The molecule has 0 bridgehead atoms. The molecule has 3 rings (SSSR count). The van der Waals surface area contributed by atoms with E-state index in [1.54, 1.807) is 7.05 Å². The van der Waals surface area contributed by atoms with Crippen molar-refractivity contribution in [2.45, 2.75) is 38.1 Å². The minimum atomic E-state index is 0. The molecule has 1 saturated heterocycles. The standard InChI is InChI=1S/C23H33N5O.HI/c1-24-23(27-17-21(18-29)20-9-5-4-6-10-20)26-16-19-11-12-22(25-15-19)28-13-7-2-3-8-14-28;/h4-6,9-12,15,21,29H,2-3,7-8,13-14,16-18H2,1H3,(H2,24,26,27);1H. The Morgan fingerprint density at radius 3 is 2.40 bits per heavy atom. The van der Waals surface area contributed by atoms with E-state index in [1.165, 1.54) is 25.7 Å². The van der Waals surface area contributed by atoms with Gasteiger partial charge in [0.05, 0.1) is 6.61 Å². The minimum absolute atomic E-state index is 0. The highest BCUT2D eigenvalue weighted by Gasteiger charge is 2.12. The SMILES string of the molecule is CN=C(NCc1ccc(N2CCCCCC2)nc1)NCC(CO)c1ccccc1.I. The van der Waals surface area contributed by atoms with Crippen molar-refractivity contribution in [3.8, 4) is 0 Å². The molecule has 3 N–H and O–H groups in total. The van der Waals surface area contributed by atoms with E-state index in [0.717, 1.165) is 36.0 Å². The van der Waals surface area contributed by atoms with Gasteiger partial charge in [-0.15, -0.1) is 24.0 Å². The van der Waals surface area contributed by atoms with E-state index >= 15 is 0 Å². The molecular formula is C23H34IN5O. The van der Waals surface area contributed by atoms with E-state index in [-0.39, 0.29) is 36.5 Å². The number of guanidine groups is 1. The maximum Gasteiger partial charge on any atom is 0.191 e. The summed E-state index contributed by atoms with van der Waals surface area (Å²) in [5.74, 6) is 1.83. The van der Waals surface area contributed by atoms with Gasteiger partial charge in [-0.1, -0.05) is 49.2 Å². The third-order valence-electron chi connectivity index (χ3n) is 5.43.